The van der Waals surface area contributed by atoms with Gasteiger partial charge in [0.15, 0.2) is 0 Å². The molecule has 0 aliphatic carbocycles. The molecule has 19 aromatic rings. The first-order valence-electron chi connectivity index (χ1n) is 35.8. The number of hydrogen-bond acceptors (Lipinski definition) is 3. The summed E-state index contributed by atoms with van der Waals surface area (Å²) in [4.78, 5) is 17.9. The maximum Gasteiger partial charge on any atom is 0.291 e. The highest BCUT2D eigenvalue weighted by molar-refractivity contribution is 6.96. The highest BCUT2D eigenvalue weighted by atomic mass is 15.3. The molecule has 0 saturated carbocycles. The number of benzene rings is 14. The maximum absolute atomic E-state index is 5.98. The molecule has 5 heterocycles. The van der Waals surface area contributed by atoms with E-state index in [1.165, 1.54) is 77.1 Å². The molecule has 14 aromatic carbocycles. The van der Waals surface area contributed by atoms with Gasteiger partial charge >= 0.3 is 0 Å². The van der Waals surface area contributed by atoms with Gasteiger partial charge in [-0.15, -0.1) is 0 Å². The summed E-state index contributed by atoms with van der Waals surface area (Å²) in [7, 11) is 0. The second kappa shape index (κ2) is 24.7. The second-order valence-corrected chi connectivity index (χ2v) is 28.2. The molecule has 0 amide bonds. The summed E-state index contributed by atoms with van der Waals surface area (Å²) in [5.74, 6) is 1.08. The van der Waals surface area contributed by atoms with Gasteiger partial charge in [-0.05, 0) is 114 Å². The van der Waals surface area contributed by atoms with Crippen molar-refractivity contribution in [1.29, 1.82) is 0 Å². The fourth-order valence-corrected chi connectivity index (χ4v) is 17.7. The van der Waals surface area contributed by atoms with Crippen LogP contribution in [0.2, 0.25) is 0 Å². The van der Waals surface area contributed by atoms with Crippen molar-refractivity contribution in [3.8, 4) is 23.3 Å². The Hall–Kier alpha value is -12.5. The molecule has 0 fully saturated rings. The van der Waals surface area contributed by atoms with Crippen LogP contribution in [0, 0.1) is 41.5 Å². The van der Waals surface area contributed by atoms with Crippen molar-refractivity contribution in [2.45, 2.75) is 41.5 Å². The van der Waals surface area contributed by atoms with Crippen LogP contribution in [0.25, 0.3) is 110 Å². The first kappa shape index (κ1) is 61.6. The van der Waals surface area contributed by atoms with Crippen LogP contribution in [-0.2, 0) is 0 Å². The van der Waals surface area contributed by atoms with Crippen molar-refractivity contribution in [3.63, 3.8) is 0 Å². The molecule has 486 valence electrons. The fourth-order valence-electron chi connectivity index (χ4n) is 17.7. The van der Waals surface area contributed by atoms with Gasteiger partial charge in [0.1, 0.15) is 5.72 Å². The lowest BCUT2D eigenvalue weighted by Crippen LogP contribution is -2.58. The van der Waals surface area contributed by atoms with Crippen LogP contribution in [-0.4, -0.2) is 53.4 Å². The minimum Gasteiger partial charge on any atom is -0.309 e. The van der Waals surface area contributed by atoms with Crippen LogP contribution in [0.15, 0.2) is 315 Å². The van der Waals surface area contributed by atoms with E-state index in [4.69, 9.17) is 15.0 Å². The Bertz CT molecular complexity index is 6070. The molecule has 5 aromatic heterocycles. The van der Waals surface area contributed by atoms with E-state index in [9.17, 15) is 0 Å². The molecule has 0 spiro atoms. The first-order valence-corrected chi connectivity index (χ1v) is 35.8. The van der Waals surface area contributed by atoms with Crippen molar-refractivity contribution in [1.82, 2.24) is 33.2 Å². The third-order valence-electron chi connectivity index (χ3n) is 21.7. The summed E-state index contributed by atoms with van der Waals surface area (Å²) >= 11 is 0. The monoisotopic (exact) mass is 1320 g/mol. The fraction of sp³-hybridized carbons (Fsp3) is 0.0645. The van der Waals surface area contributed by atoms with E-state index in [0.29, 0.717) is 17.6 Å². The number of aromatic nitrogens is 7. The van der Waals surface area contributed by atoms with Gasteiger partial charge < -0.3 is 9.13 Å². The Kier molecular flexibility index (Phi) is 14.8. The highest BCUT2D eigenvalue weighted by Gasteiger charge is 2.35. The molecule has 0 N–H and O–H groups in total. The molecule has 0 bridgehead atoms. The molecular formula is C93H70B3N7. The quantitative estimate of drug-likeness (QED) is 0.108. The standard InChI is InChI=1S/C93H70B3N7/c1-59-49-61(3)89(62(4)50-59)96(90-63(5)51-60(2)52-64(90)6)91-97-92(102-83-47-25-21-43-75(83)79-55-85-77(57-87(79)102)73-41-19-23-45-81(73)100(85)71-39-27-37-69(53-71)94(65-29-11-7-12-30-65)66-31-13-8-14-32-66)99-93(98-91)103-84-48-26-22-44-76(84)80-56-86-78(58-88(80)103)74-42-20-24-46-82(74)101(86)72-40-28-38-70(54-72)95(67-33-15-9-16-34-67)68-35-17-10-18-36-68/h7-58H,1-6H3. The van der Waals surface area contributed by atoms with Gasteiger partial charge in [-0.2, -0.15) is 4.98 Å². The number of para-hydroxylation sites is 4. The summed E-state index contributed by atoms with van der Waals surface area (Å²) in [6, 6.07) is 116. The lowest BCUT2D eigenvalue weighted by Gasteiger charge is -2.24. The zero-order valence-electron chi connectivity index (χ0n) is 58.4. The van der Waals surface area contributed by atoms with Crippen LogP contribution in [0.1, 0.15) is 33.4 Å². The average molecular weight is 1320 g/mol. The SMILES string of the molecule is Cc1cc(C)c(B(c2nc(-n3c4ccccc4c4cc5c(cc43)c3ccccc3n5-c3cccc(B(c4ccccc4)c4ccccc4)c3)nc(-n3c4ccccc4c4cc5c(cc43)c3ccccc3n5-c3cccc(B(c4ccccc4)c4ccccc4)c3)n2)c2c(C)cc(C)cc2C)c(C)c1. The van der Waals surface area contributed by atoms with E-state index >= 15 is 0 Å². The topological polar surface area (TPSA) is 58.4 Å². The maximum atomic E-state index is 5.98. The minimum atomic E-state index is -0.379. The Labute approximate surface area is 599 Å². The summed E-state index contributed by atoms with van der Waals surface area (Å²) in [5.41, 5.74) is 28.4. The van der Waals surface area contributed by atoms with E-state index in [1.807, 2.05) is 0 Å². The number of fused-ring (bicyclic) bond motifs is 12. The molecule has 0 atom stereocenters. The number of aryl methyl sites for hydroxylation is 6. The predicted octanol–water partition coefficient (Wildman–Crippen LogP) is 15.7. The summed E-state index contributed by atoms with van der Waals surface area (Å²) < 4.78 is 9.58. The lowest BCUT2D eigenvalue weighted by atomic mass is 9.37. The summed E-state index contributed by atoms with van der Waals surface area (Å²) in [5, 5.41) is 8.99. The molecule has 0 unspecified atom stereocenters. The first-order chi connectivity index (χ1) is 50.6. The number of rotatable bonds is 13. The number of nitrogens with zero attached hydrogens (tertiary/aromatic N) is 7. The van der Waals surface area contributed by atoms with E-state index in [1.54, 1.807) is 0 Å². The van der Waals surface area contributed by atoms with Crippen LogP contribution in [0.3, 0.4) is 0 Å². The summed E-state index contributed by atoms with van der Waals surface area (Å²) in [6.07, 6.45) is 0. The molecule has 19 rings (SSSR count). The van der Waals surface area contributed by atoms with Gasteiger partial charge in [0, 0.05) is 54.5 Å². The Morgan fingerprint density at radius 3 is 0.806 bits per heavy atom. The van der Waals surface area contributed by atoms with Crippen molar-refractivity contribution in [3.05, 3.63) is 349 Å². The van der Waals surface area contributed by atoms with Crippen LogP contribution in [0.5, 0.6) is 0 Å². The largest absolute Gasteiger partial charge is 0.309 e. The zero-order chi connectivity index (χ0) is 69.1. The van der Waals surface area contributed by atoms with Crippen molar-refractivity contribution < 1.29 is 0 Å². The van der Waals surface area contributed by atoms with Crippen molar-refractivity contribution in [2.24, 2.45) is 0 Å². The van der Waals surface area contributed by atoms with Crippen molar-refractivity contribution >= 4 is 157 Å². The van der Waals surface area contributed by atoms with Crippen LogP contribution < -0.4 is 49.4 Å². The van der Waals surface area contributed by atoms with Gasteiger partial charge in [0.25, 0.3) is 6.71 Å². The Morgan fingerprint density at radius 1 is 0.214 bits per heavy atom. The second-order valence-electron chi connectivity index (χ2n) is 28.2. The third kappa shape index (κ3) is 10.2. The Morgan fingerprint density at radius 2 is 0.485 bits per heavy atom. The molecule has 0 radical (unpaired) electrons. The van der Waals surface area contributed by atoms with E-state index in [-0.39, 0.29) is 20.1 Å². The molecule has 103 heavy (non-hydrogen) atoms. The van der Waals surface area contributed by atoms with Gasteiger partial charge in [0.2, 0.25) is 25.3 Å². The molecule has 7 nitrogen and oxygen atoms in total. The van der Waals surface area contributed by atoms with Gasteiger partial charge in [0.05, 0.1) is 44.1 Å². The molecule has 0 aliphatic rings. The molecule has 0 saturated heterocycles. The van der Waals surface area contributed by atoms with Crippen molar-refractivity contribution in [2.75, 3.05) is 0 Å². The van der Waals surface area contributed by atoms with Crippen LogP contribution in [0.4, 0.5) is 0 Å². The summed E-state index contributed by atoms with van der Waals surface area (Å²) in [6.45, 7) is 13.1. The van der Waals surface area contributed by atoms with Gasteiger partial charge in [-0.25, -0.2) is 9.97 Å². The van der Waals surface area contributed by atoms with E-state index in [2.05, 4.69) is 375 Å². The normalized spacial score (nSPS) is 11.8. The van der Waals surface area contributed by atoms with Crippen LogP contribution >= 0.6 is 0 Å². The molecule has 0 aliphatic heterocycles. The predicted molar refractivity (Wildman–Crippen MR) is 438 cm³/mol. The smallest absolute Gasteiger partial charge is 0.291 e. The minimum absolute atomic E-state index is 0.0335. The molecular weight excluding hydrogens is 1250 g/mol. The average Bonchev–Trinajstić information content (AvgIpc) is 1.57. The van der Waals surface area contributed by atoms with Gasteiger partial charge in [-0.3, -0.25) is 9.13 Å². The van der Waals surface area contributed by atoms with E-state index < -0.39 is 0 Å². The highest BCUT2D eigenvalue weighted by Crippen LogP contribution is 2.42. The number of hydrogen-bond donors (Lipinski definition) is 0. The van der Waals surface area contributed by atoms with Gasteiger partial charge in [-0.1, -0.05) is 320 Å². The third-order valence-corrected chi connectivity index (χ3v) is 21.7. The zero-order valence-corrected chi connectivity index (χ0v) is 58.4. The molecule has 10 heteroatoms. The Balaban J connectivity index is 0.871. The van der Waals surface area contributed by atoms with E-state index in [0.717, 1.165) is 98.6 Å². The lowest BCUT2D eigenvalue weighted by molar-refractivity contribution is 0.905.